The van der Waals surface area contributed by atoms with E-state index in [-0.39, 0.29) is 12.1 Å². The highest BCUT2D eigenvalue weighted by atomic mass is 32.1. The molecule has 6 heteroatoms. The molecule has 0 unspecified atom stereocenters. The van der Waals surface area contributed by atoms with Gasteiger partial charge in [-0.15, -0.1) is 0 Å². The van der Waals surface area contributed by atoms with Crippen LogP contribution < -0.4 is 15.0 Å². The number of hydrogen-bond donors (Lipinski definition) is 1. The summed E-state index contributed by atoms with van der Waals surface area (Å²) >= 11 is 5.96. The Morgan fingerprint density at radius 3 is 2.20 bits per heavy atom. The van der Waals surface area contributed by atoms with E-state index in [1.165, 1.54) is 10.8 Å². The molecule has 7 rings (SSSR count). The fraction of sp³-hybridized carbons (Fsp3) is 0.0588. The third kappa shape index (κ3) is 4.48. The molecule has 0 bridgehead atoms. The van der Waals surface area contributed by atoms with Gasteiger partial charge in [-0.2, -0.15) is 0 Å². The second-order valence-electron chi connectivity index (χ2n) is 9.74. The van der Waals surface area contributed by atoms with Crippen molar-refractivity contribution in [2.45, 2.75) is 12.1 Å². The molecule has 40 heavy (non-hydrogen) atoms. The van der Waals surface area contributed by atoms with Gasteiger partial charge in [0, 0.05) is 29.5 Å². The summed E-state index contributed by atoms with van der Waals surface area (Å²) in [6.45, 7) is 0. The van der Waals surface area contributed by atoms with Crippen molar-refractivity contribution < 1.29 is 4.74 Å². The number of fused-ring (bicyclic) bond motifs is 1. The fourth-order valence-electron chi connectivity index (χ4n) is 5.43. The molecule has 3 heterocycles. The number of para-hydroxylation sites is 1. The smallest absolute Gasteiger partial charge is 0.174 e. The van der Waals surface area contributed by atoms with Gasteiger partial charge in [-0.3, -0.25) is 4.98 Å². The van der Waals surface area contributed by atoms with Crippen LogP contribution in [-0.2, 0) is 0 Å². The second kappa shape index (κ2) is 10.3. The molecule has 0 radical (unpaired) electrons. The fourth-order valence-corrected chi connectivity index (χ4v) is 5.78. The number of pyridine rings is 1. The summed E-state index contributed by atoms with van der Waals surface area (Å²) in [7, 11) is 0. The first-order valence-electron chi connectivity index (χ1n) is 13.2. The molecule has 0 spiro atoms. The summed E-state index contributed by atoms with van der Waals surface area (Å²) < 4.78 is 8.30. The third-order valence-electron chi connectivity index (χ3n) is 7.29. The number of nitrogens with one attached hydrogen (secondary N) is 1. The Kier molecular flexibility index (Phi) is 6.22. The van der Waals surface area contributed by atoms with Gasteiger partial charge in [-0.25, -0.2) is 0 Å². The van der Waals surface area contributed by atoms with Gasteiger partial charge < -0.3 is 19.5 Å². The van der Waals surface area contributed by atoms with E-state index in [2.05, 4.69) is 93.8 Å². The average molecular weight is 539 g/mol. The van der Waals surface area contributed by atoms with Gasteiger partial charge in [0.05, 0.1) is 11.7 Å². The lowest BCUT2D eigenvalue weighted by molar-refractivity contribution is 0.482. The van der Waals surface area contributed by atoms with Crippen LogP contribution in [0.5, 0.6) is 11.5 Å². The molecule has 1 aliphatic heterocycles. The van der Waals surface area contributed by atoms with Crippen LogP contribution in [0, 0.1) is 0 Å². The number of rotatable bonds is 6. The Labute approximate surface area is 238 Å². The Bertz CT molecular complexity index is 1780. The van der Waals surface area contributed by atoms with Gasteiger partial charge in [-0.05, 0) is 95.8 Å². The largest absolute Gasteiger partial charge is 0.457 e. The number of thiocarbonyl (C=S) groups is 1. The number of benzene rings is 4. The number of aromatic nitrogens is 2. The maximum atomic E-state index is 6.04. The van der Waals surface area contributed by atoms with Crippen LogP contribution in [-0.4, -0.2) is 14.7 Å². The summed E-state index contributed by atoms with van der Waals surface area (Å²) in [6, 6.07) is 42.9. The predicted octanol–water partition coefficient (Wildman–Crippen LogP) is 7.99. The van der Waals surface area contributed by atoms with Crippen LogP contribution in [0.25, 0.3) is 16.5 Å². The molecule has 1 N–H and O–H groups in total. The van der Waals surface area contributed by atoms with Crippen molar-refractivity contribution in [3.8, 4) is 17.2 Å². The highest BCUT2D eigenvalue weighted by molar-refractivity contribution is 7.80. The zero-order valence-corrected chi connectivity index (χ0v) is 22.4. The van der Waals surface area contributed by atoms with Crippen molar-refractivity contribution in [1.29, 1.82) is 0 Å². The van der Waals surface area contributed by atoms with Crippen molar-refractivity contribution in [2.24, 2.45) is 0 Å². The van der Waals surface area contributed by atoms with Gasteiger partial charge in [0.1, 0.15) is 17.5 Å². The maximum absolute atomic E-state index is 6.04. The van der Waals surface area contributed by atoms with Crippen LogP contribution in [0.15, 0.2) is 140 Å². The molecule has 0 aliphatic carbocycles. The summed E-state index contributed by atoms with van der Waals surface area (Å²) in [5.74, 6) is 1.57. The highest BCUT2D eigenvalue weighted by Crippen LogP contribution is 2.42. The number of hydrogen-bond acceptors (Lipinski definition) is 3. The first kappa shape index (κ1) is 24.1. The quantitative estimate of drug-likeness (QED) is 0.218. The number of anilines is 1. The summed E-state index contributed by atoms with van der Waals surface area (Å²) in [4.78, 5) is 6.90. The average Bonchev–Trinajstić information content (AvgIpc) is 3.63. The molecule has 1 aliphatic rings. The molecule has 0 amide bonds. The van der Waals surface area contributed by atoms with Gasteiger partial charge in [0.25, 0.3) is 0 Å². The molecule has 0 saturated carbocycles. The second-order valence-corrected chi connectivity index (χ2v) is 10.1. The third-order valence-corrected chi connectivity index (χ3v) is 7.60. The highest BCUT2D eigenvalue weighted by Gasteiger charge is 2.42. The van der Waals surface area contributed by atoms with E-state index >= 15 is 0 Å². The van der Waals surface area contributed by atoms with Crippen molar-refractivity contribution in [2.75, 3.05) is 4.90 Å². The zero-order chi connectivity index (χ0) is 26.9. The van der Waals surface area contributed by atoms with Crippen LogP contribution in [0.4, 0.5) is 5.69 Å². The van der Waals surface area contributed by atoms with E-state index in [4.69, 9.17) is 21.9 Å². The summed E-state index contributed by atoms with van der Waals surface area (Å²) in [5.41, 5.74) is 4.13. The molecule has 2 atom stereocenters. The predicted molar refractivity (Wildman–Crippen MR) is 164 cm³/mol. The van der Waals surface area contributed by atoms with E-state index < -0.39 is 0 Å². The minimum atomic E-state index is -0.136. The van der Waals surface area contributed by atoms with Gasteiger partial charge in [0.2, 0.25) is 0 Å². The van der Waals surface area contributed by atoms with Crippen molar-refractivity contribution >= 4 is 33.8 Å². The Morgan fingerprint density at radius 2 is 1.40 bits per heavy atom. The summed E-state index contributed by atoms with van der Waals surface area (Å²) in [5, 5.41) is 6.64. The minimum Gasteiger partial charge on any atom is -0.457 e. The lowest BCUT2D eigenvalue weighted by atomic mass is 10.0. The molecule has 6 aromatic rings. The van der Waals surface area contributed by atoms with Gasteiger partial charge in [-0.1, -0.05) is 54.6 Å². The molecular weight excluding hydrogens is 512 g/mol. The topological polar surface area (TPSA) is 42.3 Å². The first-order valence-corrected chi connectivity index (χ1v) is 13.7. The Morgan fingerprint density at radius 1 is 0.675 bits per heavy atom. The Balaban J connectivity index is 1.30. The van der Waals surface area contributed by atoms with E-state index in [9.17, 15) is 0 Å². The Hall–Kier alpha value is -4.94. The lowest BCUT2D eigenvalue weighted by Crippen LogP contribution is -2.30. The van der Waals surface area contributed by atoms with Crippen molar-refractivity contribution in [3.63, 3.8) is 0 Å². The standard InChI is InChI=1S/C34H26N4OS/c40-34-36-32(30-13-6-7-21-35-30)33(38(34)26-17-19-29(20-18-26)39-28-11-2-1-3-12-28)31-14-8-22-37(31)27-16-15-24-9-4-5-10-25(24)23-27/h1-23,32-33H,(H,36,40)/t32-,33-/m1/s1. The SMILES string of the molecule is S=C1N[C@H](c2ccccn2)[C@@H](c2cccn2-c2ccc3ccccc3c2)N1c1ccc(Oc2ccccc2)cc1. The van der Waals surface area contributed by atoms with E-state index in [0.29, 0.717) is 5.11 Å². The molecule has 5 nitrogen and oxygen atoms in total. The lowest BCUT2D eigenvalue weighted by Gasteiger charge is -2.29. The maximum Gasteiger partial charge on any atom is 0.174 e. The molecule has 1 saturated heterocycles. The van der Waals surface area contributed by atoms with E-state index in [0.717, 1.165) is 34.3 Å². The monoisotopic (exact) mass is 538 g/mol. The minimum absolute atomic E-state index is 0.134. The van der Waals surface area contributed by atoms with Crippen molar-refractivity contribution in [3.05, 3.63) is 151 Å². The molecule has 1 fully saturated rings. The van der Waals surface area contributed by atoms with Crippen LogP contribution in [0.2, 0.25) is 0 Å². The normalized spacial score (nSPS) is 16.7. The van der Waals surface area contributed by atoms with Crippen LogP contribution >= 0.6 is 12.2 Å². The van der Waals surface area contributed by atoms with E-state index in [1.54, 1.807) is 0 Å². The first-order chi connectivity index (χ1) is 19.7. The number of nitrogens with zero attached hydrogens (tertiary/aromatic N) is 3. The van der Waals surface area contributed by atoms with Gasteiger partial charge >= 0.3 is 0 Å². The molecule has 2 aromatic heterocycles. The summed E-state index contributed by atoms with van der Waals surface area (Å²) in [6.07, 6.45) is 3.95. The zero-order valence-electron chi connectivity index (χ0n) is 21.6. The van der Waals surface area contributed by atoms with Gasteiger partial charge in [0.15, 0.2) is 5.11 Å². The van der Waals surface area contributed by atoms with Crippen molar-refractivity contribution in [1.82, 2.24) is 14.9 Å². The van der Waals surface area contributed by atoms with Crippen LogP contribution in [0.3, 0.4) is 0 Å². The number of ether oxygens (including phenoxy) is 1. The van der Waals surface area contributed by atoms with Crippen LogP contribution in [0.1, 0.15) is 23.5 Å². The molecule has 4 aromatic carbocycles. The molecule has 194 valence electrons. The van der Waals surface area contributed by atoms with E-state index in [1.807, 2.05) is 60.8 Å². The molecular formula is C34H26N4OS.